The Balaban J connectivity index is 1.54. The Hall–Kier alpha value is -1.51. The number of rotatable bonds is 4. The third-order valence-electron chi connectivity index (χ3n) is 4.78. The van der Waals surface area contributed by atoms with E-state index in [0.29, 0.717) is 24.6 Å². The summed E-state index contributed by atoms with van der Waals surface area (Å²) in [5, 5.41) is 4.07. The number of carbonyl (C=O) groups is 1. The molecule has 0 radical (unpaired) electrons. The van der Waals surface area contributed by atoms with Crippen molar-refractivity contribution in [1.82, 2.24) is 9.29 Å². The van der Waals surface area contributed by atoms with Crippen LogP contribution in [0, 0.1) is 0 Å². The minimum absolute atomic E-state index is 0.253. The smallest absolute Gasteiger partial charge is 0.242 e. The average molecular weight is 380 g/mol. The van der Waals surface area contributed by atoms with Crippen LogP contribution >= 0.6 is 11.3 Å². The highest BCUT2D eigenvalue weighted by Gasteiger charge is 2.34. The Kier molecular flexibility index (Phi) is 4.29. The lowest BCUT2D eigenvalue weighted by molar-refractivity contribution is -0.120. The highest BCUT2D eigenvalue weighted by atomic mass is 32.2. The van der Waals surface area contributed by atoms with Gasteiger partial charge >= 0.3 is 0 Å². The van der Waals surface area contributed by atoms with Crippen molar-refractivity contribution in [1.29, 1.82) is 0 Å². The minimum atomic E-state index is -3.38. The van der Waals surface area contributed by atoms with Gasteiger partial charge in [-0.05, 0) is 43.9 Å². The molecule has 2 aromatic rings. The summed E-state index contributed by atoms with van der Waals surface area (Å²) in [4.78, 5) is 17.3. The maximum Gasteiger partial charge on any atom is 0.242 e. The van der Waals surface area contributed by atoms with Crippen LogP contribution < -0.4 is 5.32 Å². The van der Waals surface area contributed by atoms with Crippen LogP contribution in [0.3, 0.4) is 0 Å². The van der Waals surface area contributed by atoms with E-state index in [1.807, 2.05) is 18.2 Å². The second-order valence-corrected chi connectivity index (χ2v) is 9.88. The van der Waals surface area contributed by atoms with Gasteiger partial charge < -0.3 is 5.32 Å². The van der Waals surface area contributed by atoms with Gasteiger partial charge in [0.15, 0.2) is 0 Å². The van der Waals surface area contributed by atoms with Gasteiger partial charge in [-0.25, -0.2) is 13.4 Å². The van der Waals surface area contributed by atoms with Crippen molar-refractivity contribution in [2.24, 2.45) is 0 Å². The summed E-state index contributed by atoms with van der Waals surface area (Å²) in [6, 6.07) is 5.07. The number of carbonyl (C=O) groups excluding carboxylic acids is 1. The van der Waals surface area contributed by atoms with E-state index in [9.17, 15) is 13.2 Å². The summed E-state index contributed by atoms with van der Waals surface area (Å²) in [7, 11) is -3.38. The lowest BCUT2D eigenvalue weighted by atomic mass is 10.0. The molecule has 2 fully saturated rings. The highest BCUT2D eigenvalue weighted by Crippen LogP contribution is 2.43. The monoisotopic (exact) mass is 379 g/mol. The quantitative estimate of drug-likeness (QED) is 0.886. The predicted molar refractivity (Wildman–Crippen MR) is 99.4 cm³/mol. The number of benzene rings is 1. The van der Waals surface area contributed by atoms with Crippen LogP contribution in [0.15, 0.2) is 18.2 Å². The van der Waals surface area contributed by atoms with Crippen LogP contribution in [0.5, 0.6) is 0 Å². The van der Waals surface area contributed by atoms with Gasteiger partial charge in [0.25, 0.3) is 0 Å². The SMILES string of the molecule is CS(=O)(=O)N1CCCC[C@@H]1C(=O)Nc1ccc2nc(C3CC3)sc2c1. The van der Waals surface area contributed by atoms with Gasteiger partial charge in [0.1, 0.15) is 6.04 Å². The fourth-order valence-electron chi connectivity index (χ4n) is 3.31. The van der Waals surface area contributed by atoms with Gasteiger partial charge in [-0.15, -0.1) is 11.3 Å². The fraction of sp³-hybridized carbons (Fsp3) is 0.529. The molecule has 1 aromatic carbocycles. The molecule has 1 atom stereocenters. The van der Waals surface area contributed by atoms with Crippen LogP contribution in [0.25, 0.3) is 10.2 Å². The molecule has 1 N–H and O–H groups in total. The molecule has 25 heavy (non-hydrogen) atoms. The highest BCUT2D eigenvalue weighted by molar-refractivity contribution is 7.88. The third-order valence-corrected chi connectivity index (χ3v) is 7.25. The van der Waals surface area contributed by atoms with Crippen LogP contribution in [0.2, 0.25) is 0 Å². The van der Waals surface area contributed by atoms with Gasteiger partial charge in [0.2, 0.25) is 15.9 Å². The zero-order valence-corrected chi connectivity index (χ0v) is 15.7. The van der Waals surface area contributed by atoms with E-state index in [0.717, 1.165) is 23.1 Å². The number of aromatic nitrogens is 1. The molecule has 1 saturated heterocycles. The molecule has 4 rings (SSSR count). The standard InChI is InChI=1S/C17H21N3O3S2/c1-25(22,23)20-9-3-2-4-14(20)16(21)18-12-7-8-13-15(10-12)24-17(19-13)11-5-6-11/h7-8,10-11,14H,2-6,9H2,1H3,(H,18,21)/t14-/m1/s1. The maximum atomic E-state index is 12.7. The van der Waals surface area contributed by atoms with E-state index in [4.69, 9.17) is 0 Å². The first-order valence-corrected chi connectivity index (χ1v) is 11.3. The summed E-state index contributed by atoms with van der Waals surface area (Å²) in [5.41, 5.74) is 1.66. The molecule has 1 aliphatic carbocycles. The van der Waals surface area contributed by atoms with Crippen molar-refractivity contribution < 1.29 is 13.2 Å². The van der Waals surface area contributed by atoms with Gasteiger partial charge in [-0.1, -0.05) is 6.42 Å². The number of hydrogen-bond donors (Lipinski definition) is 1. The molecule has 6 nitrogen and oxygen atoms in total. The number of sulfonamides is 1. The second kappa shape index (κ2) is 6.34. The van der Waals surface area contributed by atoms with Crippen molar-refractivity contribution >= 4 is 43.2 Å². The Morgan fingerprint density at radius 1 is 1.28 bits per heavy atom. The molecule has 1 saturated carbocycles. The molecular formula is C17H21N3O3S2. The van der Waals surface area contributed by atoms with Crippen molar-refractivity contribution in [2.75, 3.05) is 18.1 Å². The van der Waals surface area contributed by atoms with E-state index in [1.54, 1.807) is 11.3 Å². The molecule has 0 spiro atoms. The summed E-state index contributed by atoms with van der Waals surface area (Å²) in [6.45, 7) is 0.412. The molecule has 0 bridgehead atoms. The first kappa shape index (κ1) is 16.9. The van der Waals surface area contributed by atoms with Gasteiger partial charge in [0.05, 0.1) is 21.5 Å². The molecule has 134 valence electrons. The Labute approximate surface area is 151 Å². The molecular weight excluding hydrogens is 358 g/mol. The number of amides is 1. The first-order chi connectivity index (χ1) is 11.9. The summed E-state index contributed by atoms with van der Waals surface area (Å²) >= 11 is 1.68. The number of anilines is 1. The van der Waals surface area contributed by atoms with Gasteiger partial charge in [0, 0.05) is 18.2 Å². The predicted octanol–water partition coefficient (Wildman–Crippen LogP) is 2.93. The Morgan fingerprint density at radius 2 is 2.08 bits per heavy atom. The molecule has 1 aromatic heterocycles. The van der Waals surface area contributed by atoms with Crippen molar-refractivity contribution in [3.63, 3.8) is 0 Å². The zero-order valence-electron chi connectivity index (χ0n) is 14.1. The van der Waals surface area contributed by atoms with E-state index >= 15 is 0 Å². The van der Waals surface area contributed by atoms with Gasteiger partial charge in [-0.3, -0.25) is 4.79 Å². The lowest BCUT2D eigenvalue weighted by Gasteiger charge is -2.32. The molecule has 2 heterocycles. The largest absolute Gasteiger partial charge is 0.325 e. The third kappa shape index (κ3) is 3.56. The Morgan fingerprint density at radius 3 is 2.80 bits per heavy atom. The molecule has 0 unspecified atom stereocenters. The number of hydrogen-bond acceptors (Lipinski definition) is 5. The molecule has 1 amide bonds. The van der Waals surface area contributed by atoms with Gasteiger partial charge in [-0.2, -0.15) is 4.31 Å². The van der Waals surface area contributed by atoms with Crippen LogP contribution in [0.4, 0.5) is 5.69 Å². The van der Waals surface area contributed by atoms with E-state index in [1.165, 1.54) is 28.4 Å². The second-order valence-electron chi connectivity index (χ2n) is 6.88. The van der Waals surface area contributed by atoms with Crippen molar-refractivity contribution in [3.05, 3.63) is 23.2 Å². The number of fused-ring (bicyclic) bond motifs is 1. The van der Waals surface area contributed by atoms with E-state index in [-0.39, 0.29) is 5.91 Å². The van der Waals surface area contributed by atoms with E-state index < -0.39 is 16.1 Å². The molecule has 1 aliphatic heterocycles. The lowest BCUT2D eigenvalue weighted by Crippen LogP contribution is -2.49. The topological polar surface area (TPSA) is 79.4 Å². The zero-order chi connectivity index (χ0) is 17.6. The number of nitrogens with one attached hydrogen (secondary N) is 1. The summed E-state index contributed by atoms with van der Waals surface area (Å²) < 4.78 is 26.3. The van der Waals surface area contributed by atoms with Crippen LogP contribution in [-0.4, -0.2) is 42.5 Å². The van der Waals surface area contributed by atoms with Crippen LogP contribution in [0.1, 0.15) is 43.0 Å². The number of piperidine rings is 1. The average Bonchev–Trinajstić information content (AvgIpc) is 3.34. The summed E-state index contributed by atoms with van der Waals surface area (Å²) in [6.07, 6.45) is 5.82. The molecule has 2 aliphatic rings. The minimum Gasteiger partial charge on any atom is -0.325 e. The number of thiazole rings is 1. The number of nitrogens with zero attached hydrogens (tertiary/aromatic N) is 2. The summed E-state index contributed by atoms with van der Waals surface area (Å²) in [5.74, 6) is 0.359. The Bertz CT molecular complexity index is 918. The maximum absolute atomic E-state index is 12.7. The normalized spacial score (nSPS) is 22.2. The van der Waals surface area contributed by atoms with E-state index in [2.05, 4.69) is 10.3 Å². The molecule has 8 heteroatoms. The first-order valence-electron chi connectivity index (χ1n) is 8.60. The van der Waals surface area contributed by atoms with Crippen LogP contribution in [-0.2, 0) is 14.8 Å². The van der Waals surface area contributed by atoms with Crippen molar-refractivity contribution in [2.45, 2.75) is 44.1 Å². The fourth-order valence-corrected chi connectivity index (χ4v) is 5.61. The van der Waals surface area contributed by atoms with Crippen molar-refractivity contribution in [3.8, 4) is 0 Å².